The maximum absolute atomic E-state index is 10.6. The van der Waals surface area contributed by atoms with Crippen molar-refractivity contribution in [1.82, 2.24) is 25.4 Å². The van der Waals surface area contributed by atoms with Crippen molar-refractivity contribution in [2.75, 3.05) is 13.1 Å². The molecule has 0 bridgehead atoms. The summed E-state index contributed by atoms with van der Waals surface area (Å²) in [6.07, 6.45) is 4.43. The summed E-state index contributed by atoms with van der Waals surface area (Å²) >= 11 is 1.66. The second-order valence-electron chi connectivity index (χ2n) is 5.81. The van der Waals surface area contributed by atoms with Gasteiger partial charge in [0.15, 0.2) is 5.96 Å². The zero-order valence-electron chi connectivity index (χ0n) is 14.7. The molecule has 3 N–H and O–H groups in total. The molecule has 2 rings (SSSR count). The number of rotatable bonds is 7. The van der Waals surface area contributed by atoms with E-state index in [9.17, 15) is 5.11 Å². The molecule has 0 amide bonds. The Morgan fingerprint density at radius 3 is 2.79 bits per heavy atom. The zero-order valence-corrected chi connectivity index (χ0v) is 15.5. The molecule has 2 aromatic heterocycles. The van der Waals surface area contributed by atoms with Crippen molar-refractivity contribution in [3.63, 3.8) is 0 Å². The van der Waals surface area contributed by atoms with Gasteiger partial charge in [-0.15, -0.1) is 11.3 Å². The molecule has 0 aliphatic rings. The van der Waals surface area contributed by atoms with Gasteiger partial charge in [0, 0.05) is 30.7 Å². The standard InChI is InChI=1S/C16H26N6OS/c1-5-14-21-13(10-24-14)8-18-15(17-6-2)19-11-16(3,23)12-7-20-22(4)9-12/h7,9-10,23H,5-6,8,11H2,1-4H3,(H2,17,18,19). The zero-order chi connectivity index (χ0) is 17.6. The lowest BCUT2D eigenvalue weighted by atomic mass is 10.00. The fourth-order valence-electron chi connectivity index (χ4n) is 2.14. The molecule has 0 aliphatic heterocycles. The number of aliphatic imine (C=N–C) groups is 1. The van der Waals surface area contributed by atoms with Crippen LogP contribution in [-0.4, -0.2) is 38.9 Å². The highest BCUT2D eigenvalue weighted by molar-refractivity contribution is 7.09. The lowest BCUT2D eigenvalue weighted by Crippen LogP contribution is -2.44. The molecule has 8 heteroatoms. The summed E-state index contributed by atoms with van der Waals surface area (Å²) < 4.78 is 1.68. The molecule has 1 unspecified atom stereocenters. The molecule has 0 spiro atoms. The minimum atomic E-state index is -1.03. The third-order valence-electron chi connectivity index (χ3n) is 3.57. The lowest BCUT2D eigenvalue weighted by molar-refractivity contribution is 0.0616. The second-order valence-corrected chi connectivity index (χ2v) is 6.75. The van der Waals surface area contributed by atoms with Gasteiger partial charge in [0.1, 0.15) is 5.60 Å². The number of nitrogens with zero attached hydrogens (tertiary/aromatic N) is 4. The number of guanidine groups is 1. The van der Waals surface area contributed by atoms with Crippen molar-refractivity contribution in [1.29, 1.82) is 0 Å². The van der Waals surface area contributed by atoms with Gasteiger partial charge in [-0.1, -0.05) is 6.92 Å². The van der Waals surface area contributed by atoms with Crippen LogP contribution in [0, 0.1) is 0 Å². The first-order valence-corrected chi connectivity index (χ1v) is 8.99. The maximum Gasteiger partial charge on any atom is 0.191 e. The lowest BCUT2D eigenvalue weighted by Gasteiger charge is -2.23. The van der Waals surface area contributed by atoms with Gasteiger partial charge in [-0.25, -0.2) is 9.98 Å². The molecule has 0 aliphatic carbocycles. The highest BCUT2D eigenvalue weighted by Crippen LogP contribution is 2.18. The fourth-order valence-corrected chi connectivity index (χ4v) is 2.88. The molecule has 1 atom stereocenters. The predicted molar refractivity (Wildman–Crippen MR) is 97.1 cm³/mol. The molecule has 24 heavy (non-hydrogen) atoms. The summed E-state index contributed by atoms with van der Waals surface area (Å²) in [5.41, 5.74) is 0.703. The van der Waals surface area contributed by atoms with Crippen LogP contribution in [-0.2, 0) is 25.6 Å². The van der Waals surface area contributed by atoms with Crippen molar-refractivity contribution >= 4 is 17.3 Å². The summed E-state index contributed by atoms with van der Waals surface area (Å²) in [5.74, 6) is 0.660. The largest absolute Gasteiger partial charge is 0.383 e. The molecular formula is C16H26N6OS. The average molecular weight is 350 g/mol. The van der Waals surface area contributed by atoms with E-state index in [1.165, 1.54) is 0 Å². The number of thiazole rings is 1. The summed E-state index contributed by atoms with van der Waals surface area (Å²) in [6, 6.07) is 0. The van der Waals surface area contributed by atoms with Crippen molar-refractivity contribution < 1.29 is 5.11 Å². The van der Waals surface area contributed by atoms with E-state index in [0.29, 0.717) is 19.0 Å². The van der Waals surface area contributed by atoms with Crippen molar-refractivity contribution in [3.05, 3.63) is 34.0 Å². The van der Waals surface area contributed by atoms with E-state index in [0.717, 1.165) is 29.2 Å². The van der Waals surface area contributed by atoms with E-state index in [-0.39, 0.29) is 0 Å². The van der Waals surface area contributed by atoms with Gasteiger partial charge in [0.2, 0.25) is 0 Å². The number of aromatic nitrogens is 3. The van der Waals surface area contributed by atoms with Gasteiger partial charge in [-0.05, 0) is 20.3 Å². The van der Waals surface area contributed by atoms with E-state index in [1.54, 1.807) is 29.1 Å². The van der Waals surface area contributed by atoms with Gasteiger partial charge >= 0.3 is 0 Å². The Morgan fingerprint density at radius 1 is 1.42 bits per heavy atom. The average Bonchev–Trinajstić information content (AvgIpc) is 3.19. The molecular weight excluding hydrogens is 324 g/mol. The van der Waals surface area contributed by atoms with Crippen LogP contribution in [0.15, 0.2) is 22.8 Å². The van der Waals surface area contributed by atoms with E-state index in [2.05, 4.69) is 32.6 Å². The van der Waals surface area contributed by atoms with Gasteiger partial charge in [0.25, 0.3) is 0 Å². The van der Waals surface area contributed by atoms with Gasteiger partial charge in [-0.3, -0.25) is 4.68 Å². The van der Waals surface area contributed by atoms with Crippen LogP contribution in [0.2, 0.25) is 0 Å². The smallest absolute Gasteiger partial charge is 0.191 e. The number of hydrogen-bond acceptors (Lipinski definition) is 5. The normalized spacial score (nSPS) is 14.5. The molecule has 0 aromatic carbocycles. The molecule has 0 saturated carbocycles. The Hall–Kier alpha value is -1.93. The Labute approximate surface area is 146 Å². The van der Waals surface area contributed by atoms with Crippen LogP contribution in [0.3, 0.4) is 0 Å². The van der Waals surface area contributed by atoms with Gasteiger partial charge < -0.3 is 15.7 Å². The minimum absolute atomic E-state index is 0.335. The predicted octanol–water partition coefficient (Wildman–Crippen LogP) is 1.40. The number of aliphatic hydroxyl groups is 1. The highest BCUT2D eigenvalue weighted by Gasteiger charge is 2.24. The molecule has 2 aromatic rings. The summed E-state index contributed by atoms with van der Waals surface area (Å²) in [4.78, 5) is 9.06. The molecule has 2 heterocycles. The number of hydrogen-bond donors (Lipinski definition) is 3. The highest BCUT2D eigenvalue weighted by atomic mass is 32.1. The van der Waals surface area contributed by atoms with Crippen molar-refractivity contribution in [2.24, 2.45) is 12.0 Å². The Bertz CT molecular complexity index is 676. The molecule has 0 radical (unpaired) electrons. The SMILES string of the molecule is CCNC(=NCc1csc(CC)n1)NCC(C)(O)c1cnn(C)c1. The van der Waals surface area contributed by atoms with Crippen LogP contribution in [0.1, 0.15) is 37.0 Å². The van der Waals surface area contributed by atoms with E-state index in [4.69, 9.17) is 0 Å². The Balaban J connectivity index is 1.98. The number of aryl methyl sites for hydroxylation is 2. The maximum atomic E-state index is 10.6. The molecule has 132 valence electrons. The summed E-state index contributed by atoms with van der Waals surface area (Å²) in [6.45, 7) is 7.46. The van der Waals surface area contributed by atoms with Crippen LogP contribution in [0.5, 0.6) is 0 Å². The van der Waals surface area contributed by atoms with Crippen molar-refractivity contribution in [3.8, 4) is 0 Å². The third kappa shape index (κ3) is 5.04. The van der Waals surface area contributed by atoms with Crippen LogP contribution < -0.4 is 10.6 Å². The van der Waals surface area contributed by atoms with Crippen LogP contribution in [0.4, 0.5) is 0 Å². The Morgan fingerprint density at radius 2 is 2.21 bits per heavy atom. The number of nitrogens with one attached hydrogen (secondary N) is 2. The molecule has 0 fully saturated rings. The summed E-state index contributed by atoms with van der Waals surface area (Å²) in [5, 5.41) is 24.3. The van der Waals surface area contributed by atoms with Gasteiger partial charge in [-0.2, -0.15) is 5.10 Å². The van der Waals surface area contributed by atoms with E-state index >= 15 is 0 Å². The van der Waals surface area contributed by atoms with E-state index < -0.39 is 5.60 Å². The van der Waals surface area contributed by atoms with Gasteiger partial charge in [0.05, 0.1) is 30.0 Å². The molecule has 0 saturated heterocycles. The quantitative estimate of drug-likeness (QED) is 0.519. The van der Waals surface area contributed by atoms with Crippen LogP contribution >= 0.6 is 11.3 Å². The van der Waals surface area contributed by atoms with E-state index in [1.807, 2.05) is 25.5 Å². The van der Waals surface area contributed by atoms with Crippen LogP contribution in [0.25, 0.3) is 0 Å². The Kier molecular flexibility index (Phi) is 6.33. The minimum Gasteiger partial charge on any atom is -0.383 e. The molecule has 7 nitrogen and oxygen atoms in total. The second kappa shape index (κ2) is 8.25. The first-order chi connectivity index (χ1) is 11.4. The fraction of sp³-hybridized carbons (Fsp3) is 0.562. The first-order valence-electron chi connectivity index (χ1n) is 8.11. The third-order valence-corrected chi connectivity index (χ3v) is 4.61. The monoisotopic (exact) mass is 350 g/mol. The summed E-state index contributed by atoms with van der Waals surface area (Å²) in [7, 11) is 1.83. The van der Waals surface area contributed by atoms with Crippen molar-refractivity contribution in [2.45, 2.75) is 39.3 Å². The topological polar surface area (TPSA) is 87.4 Å². The first kappa shape index (κ1) is 18.4.